The second-order valence-corrected chi connectivity index (χ2v) is 4.21. The molecule has 0 aliphatic heterocycles. The summed E-state index contributed by atoms with van der Waals surface area (Å²) < 4.78 is 0. The average Bonchev–Trinajstić information content (AvgIpc) is 2.09. The van der Waals surface area contributed by atoms with Gasteiger partial charge >= 0.3 is 0 Å². The van der Waals surface area contributed by atoms with E-state index in [1.807, 2.05) is 6.92 Å². The molecule has 1 atom stereocenters. The van der Waals surface area contributed by atoms with Gasteiger partial charge in [0, 0.05) is 12.1 Å². The van der Waals surface area contributed by atoms with Gasteiger partial charge in [-0.1, -0.05) is 6.92 Å². The van der Waals surface area contributed by atoms with Crippen LogP contribution < -0.4 is 5.32 Å². The molecule has 0 aromatic heterocycles. The van der Waals surface area contributed by atoms with Crippen LogP contribution in [0, 0.1) is 5.92 Å². The third kappa shape index (κ3) is 3.11. The quantitative estimate of drug-likeness (QED) is 0.675. The Labute approximate surface area is 75.4 Å². The Hall–Kier alpha value is -0.0800. The summed E-state index contributed by atoms with van der Waals surface area (Å²) in [6, 6.07) is 0.923. The van der Waals surface area contributed by atoms with Crippen LogP contribution in [0.1, 0.15) is 39.5 Å². The molecule has 0 amide bonds. The molecule has 0 saturated heterocycles. The van der Waals surface area contributed by atoms with E-state index in [0.29, 0.717) is 6.04 Å². The minimum Gasteiger partial charge on any atom is -0.395 e. The molecule has 1 fully saturated rings. The molecular weight excluding hydrogens is 150 g/mol. The Morgan fingerprint density at radius 1 is 1.33 bits per heavy atom. The SMILES string of the molecule is CC1CCC(N[C@H](C)CO)CC1. The Bertz CT molecular complexity index is 119. The third-order valence-electron chi connectivity index (χ3n) is 2.81. The summed E-state index contributed by atoms with van der Waals surface area (Å²) in [5, 5.41) is 12.3. The fourth-order valence-electron chi connectivity index (χ4n) is 1.88. The molecule has 0 unspecified atom stereocenters. The van der Waals surface area contributed by atoms with Crippen molar-refractivity contribution in [3.8, 4) is 0 Å². The molecule has 0 spiro atoms. The van der Waals surface area contributed by atoms with Crippen molar-refractivity contribution >= 4 is 0 Å². The number of rotatable bonds is 3. The second kappa shape index (κ2) is 4.83. The van der Waals surface area contributed by atoms with E-state index in [1.165, 1.54) is 25.7 Å². The lowest BCUT2D eigenvalue weighted by Gasteiger charge is -2.29. The first kappa shape index (κ1) is 10.0. The Kier molecular flexibility index (Phi) is 4.02. The number of hydrogen-bond acceptors (Lipinski definition) is 2. The van der Waals surface area contributed by atoms with E-state index in [0.717, 1.165) is 5.92 Å². The van der Waals surface area contributed by atoms with E-state index < -0.39 is 0 Å². The zero-order chi connectivity index (χ0) is 8.97. The van der Waals surface area contributed by atoms with Gasteiger partial charge in [-0.25, -0.2) is 0 Å². The fraction of sp³-hybridized carbons (Fsp3) is 1.00. The Balaban J connectivity index is 2.17. The molecule has 1 aliphatic rings. The summed E-state index contributed by atoms with van der Waals surface area (Å²) in [4.78, 5) is 0. The van der Waals surface area contributed by atoms with E-state index in [-0.39, 0.29) is 12.6 Å². The number of aliphatic hydroxyl groups excluding tert-OH is 1. The molecule has 12 heavy (non-hydrogen) atoms. The summed E-state index contributed by atoms with van der Waals surface area (Å²) in [7, 11) is 0. The summed E-state index contributed by atoms with van der Waals surface area (Å²) in [5.74, 6) is 0.910. The van der Waals surface area contributed by atoms with Crippen molar-refractivity contribution in [3.05, 3.63) is 0 Å². The molecule has 1 aliphatic carbocycles. The molecule has 0 aromatic rings. The smallest absolute Gasteiger partial charge is 0.0582 e. The monoisotopic (exact) mass is 171 g/mol. The van der Waals surface area contributed by atoms with Gasteiger partial charge in [0.2, 0.25) is 0 Å². The lowest BCUT2D eigenvalue weighted by molar-refractivity contribution is 0.218. The van der Waals surface area contributed by atoms with E-state index in [1.54, 1.807) is 0 Å². The van der Waals surface area contributed by atoms with E-state index >= 15 is 0 Å². The van der Waals surface area contributed by atoms with Crippen LogP contribution in [0.15, 0.2) is 0 Å². The standard InChI is InChI=1S/C10H21NO/c1-8-3-5-10(6-4-8)11-9(2)7-12/h8-12H,3-7H2,1-2H3/t8?,9-,10?/m1/s1. The molecule has 1 saturated carbocycles. The van der Waals surface area contributed by atoms with Crippen LogP contribution in [0.25, 0.3) is 0 Å². The van der Waals surface area contributed by atoms with Gasteiger partial charge < -0.3 is 10.4 Å². The first-order valence-corrected chi connectivity index (χ1v) is 5.09. The highest BCUT2D eigenvalue weighted by atomic mass is 16.3. The topological polar surface area (TPSA) is 32.3 Å². The van der Waals surface area contributed by atoms with Crippen molar-refractivity contribution < 1.29 is 5.11 Å². The van der Waals surface area contributed by atoms with Crippen LogP contribution >= 0.6 is 0 Å². The van der Waals surface area contributed by atoms with E-state index in [4.69, 9.17) is 5.11 Å². The van der Waals surface area contributed by atoms with Crippen LogP contribution in [0.4, 0.5) is 0 Å². The highest BCUT2D eigenvalue weighted by molar-refractivity contribution is 4.77. The van der Waals surface area contributed by atoms with Gasteiger partial charge in [-0.2, -0.15) is 0 Å². The van der Waals surface area contributed by atoms with Gasteiger partial charge in [0.25, 0.3) is 0 Å². The van der Waals surface area contributed by atoms with Gasteiger partial charge in [-0.3, -0.25) is 0 Å². The summed E-state index contributed by atoms with van der Waals surface area (Å²) >= 11 is 0. The van der Waals surface area contributed by atoms with E-state index in [2.05, 4.69) is 12.2 Å². The minimum absolute atomic E-state index is 0.256. The van der Waals surface area contributed by atoms with Gasteiger partial charge in [-0.15, -0.1) is 0 Å². The number of aliphatic hydroxyl groups is 1. The maximum atomic E-state index is 8.85. The first-order chi connectivity index (χ1) is 5.72. The van der Waals surface area contributed by atoms with E-state index in [9.17, 15) is 0 Å². The third-order valence-corrected chi connectivity index (χ3v) is 2.81. The molecule has 0 aromatic carbocycles. The predicted octanol–water partition coefficient (Wildman–Crippen LogP) is 1.54. The molecule has 1 rings (SSSR count). The first-order valence-electron chi connectivity index (χ1n) is 5.09. The number of nitrogens with one attached hydrogen (secondary N) is 1. The molecule has 2 heteroatoms. The molecule has 0 bridgehead atoms. The maximum absolute atomic E-state index is 8.85. The van der Waals surface area contributed by atoms with Gasteiger partial charge in [0.05, 0.1) is 6.61 Å². The van der Waals surface area contributed by atoms with Crippen LogP contribution in [0.2, 0.25) is 0 Å². The highest BCUT2D eigenvalue weighted by Crippen LogP contribution is 2.23. The fourth-order valence-corrected chi connectivity index (χ4v) is 1.88. The van der Waals surface area contributed by atoms with Crippen molar-refractivity contribution in [3.63, 3.8) is 0 Å². The lowest BCUT2D eigenvalue weighted by Crippen LogP contribution is -2.40. The molecule has 2 nitrogen and oxygen atoms in total. The summed E-state index contributed by atoms with van der Waals surface area (Å²) in [6.07, 6.45) is 5.25. The second-order valence-electron chi connectivity index (χ2n) is 4.21. The predicted molar refractivity (Wildman–Crippen MR) is 51.1 cm³/mol. The van der Waals surface area contributed by atoms with Crippen molar-refractivity contribution in [1.29, 1.82) is 0 Å². The van der Waals surface area contributed by atoms with Crippen LogP contribution in [0.5, 0.6) is 0 Å². The number of hydrogen-bond donors (Lipinski definition) is 2. The molecule has 2 N–H and O–H groups in total. The zero-order valence-electron chi connectivity index (χ0n) is 8.21. The molecule has 0 radical (unpaired) electrons. The lowest BCUT2D eigenvalue weighted by atomic mass is 9.87. The van der Waals surface area contributed by atoms with Crippen molar-refractivity contribution in [2.24, 2.45) is 5.92 Å². The van der Waals surface area contributed by atoms with Crippen molar-refractivity contribution in [1.82, 2.24) is 5.32 Å². The van der Waals surface area contributed by atoms with Crippen LogP contribution in [-0.2, 0) is 0 Å². The normalized spacial score (nSPS) is 33.2. The maximum Gasteiger partial charge on any atom is 0.0582 e. The molecule has 0 heterocycles. The van der Waals surface area contributed by atoms with Crippen molar-refractivity contribution in [2.75, 3.05) is 6.61 Å². The zero-order valence-corrected chi connectivity index (χ0v) is 8.21. The van der Waals surface area contributed by atoms with Crippen LogP contribution in [0.3, 0.4) is 0 Å². The summed E-state index contributed by atoms with van der Waals surface area (Å²) in [5.41, 5.74) is 0. The van der Waals surface area contributed by atoms with Gasteiger partial charge in [-0.05, 0) is 38.5 Å². The Morgan fingerprint density at radius 2 is 1.92 bits per heavy atom. The Morgan fingerprint density at radius 3 is 2.42 bits per heavy atom. The van der Waals surface area contributed by atoms with Crippen LogP contribution in [-0.4, -0.2) is 23.8 Å². The average molecular weight is 171 g/mol. The highest BCUT2D eigenvalue weighted by Gasteiger charge is 2.18. The molecular formula is C10H21NO. The van der Waals surface area contributed by atoms with Gasteiger partial charge in [0.1, 0.15) is 0 Å². The summed E-state index contributed by atoms with van der Waals surface area (Å²) in [6.45, 7) is 4.62. The minimum atomic E-state index is 0.256. The molecule has 72 valence electrons. The largest absolute Gasteiger partial charge is 0.395 e. The van der Waals surface area contributed by atoms with Crippen molar-refractivity contribution in [2.45, 2.75) is 51.6 Å². The van der Waals surface area contributed by atoms with Gasteiger partial charge in [0.15, 0.2) is 0 Å².